The Morgan fingerprint density at radius 2 is 1.79 bits per heavy atom. The van der Waals surface area contributed by atoms with Crippen molar-refractivity contribution in [2.24, 2.45) is 5.92 Å². The molecule has 3 aromatic heterocycles. The van der Waals surface area contributed by atoms with Gasteiger partial charge in [0.2, 0.25) is 5.91 Å². The zero-order valence-corrected chi connectivity index (χ0v) is 17.4. The van der Waals surface area contributed by atoms with Gasteiger partial charge in [-0.15, -0.1) is 10.2 Å². The van der Waals surface area contributed by atoms with Gasteiger partial charge in [-0.25, -0.2) is 0 Å². The van der Waals surface area contributed by atoms with Gasteiger partial charge in [0, 0.05) is 18.6 Å². The molecule has 0 aromatic carbocycles. The topological polar surface area (TPSA) is 64.2 Å². The van der Waals surface area contributed by atoms with E-state index in [1.807, 2.05) is 28.8 Å². The Morgan fingerprint density at radius 3 is 2.52 bits per heavy atom. The first kappa shape index (κ1) is 19.7. The third-order valence-electron chi connectivity index (χ3n) is 6.12. The van der Waals surface area contributed by atoms with Crippen LogP contribution in [-0.2, 0) is 10.3 Å². The smallest absolute Gasteiger partial charge is 0.222 e. The summed E-state index contributed by atoms with van der Waals surface area (Å²) in [5, 5.41) is 12.0. The van der Waals surface area contributed by atoms with Gasteiger partial charge in [0.05, 0.1) is 18.0 Å². The van der Waals surface area contributed by atoms with Gasteiger partial charge in [0.1, 0.15) is 0 Å². The summed E-state index contributed by atoms with van der Waals surface area (Å²) in [6.07, 6.45) is 13.2. The lowest BCUT2D eigenvalue weighted by Gasteiger charge is -2.39. The van der Waals surface area contributed by atoms with Crippen molar-refractivity contribution in [1.82, 2.24) is 24.5 Å². The SMILES string of the molecule is CC(C)C[C@H](NC(=O)CC1(n2cccc2)CCCCC1)c1nnc2ccccn12. The van der Waals surface area contributed by atoms with Crippen molar-refractivity contribution >= 4 is 11.6 Å². The predicted molar refractivity (Wildman–Crippen MR) is 113 cm³/mol. The first-order valence-electron chi connectivity index (χ1n) is 10.8. The van der Waals surface area contributed by atoms with Crippen LogP contribution < -0.4 is 5.32 Å². The fourth-order valence-corrected chi connectivity index (χ4v) is 4.73. The number of pyridine rings is 1. The maximum Gasteiger partial charge on any atom is 0.222 e. The molecule has 0 aliphatic heterocycles. The van der Waals surface area contributed by atoms with Crippen LogP contribution in [0.2, 0.25) is 0 Å². The maximum absolute atomic E-state index is 13.3. The van der Waals surface area contributed by atoms with E-state index in [9.17, 15) is 4.79 Å². The molecule has 154 valence electrons. The second kappa shape index (κ2) is 8.39. The number of fused-ring (bicyclic) bond motifs is 1. The van der Waals surface area contributed by atoms with Crippen molar-refractivity contribution in [2.75, 3.05) is 0 Å². The van der Waals surface area contributed by atoms with Gasteiger partial charge in [-0.3, -0.25) is 9.20 Å². The summed E-state index contributed by atoms with van der Waals surface area (Å²) in [4.78, 5) is 13.3. The van der Waals surface area contributed by atoms with Crippen molar-refractivity contribution in [3.63, 3.8) is 0 Å². The van der Waals surface area contributed by atoms with Crippen LogP contribution in [0.15, 0.2) is 48.9 Å². The van der Waals surface area contributed by atoms with Crippen LogP contribution in [-0.4, -0.2) is 25.1 Å². The number of nitrogens with zero attached hydrogens (tertiary/aromatic N) is 4. The molecule has 0 spiro atoms. The molecule has 0 bridgehead atoms. The minimum Gasteiger partial charge on any atom is -0.348 e. The average molecular weight is 394 g/mol. The lowest BCUT2D eigenvalue weighted by Crippen LogP contribution is -2.42. The number of carbonyl (C=O) groups is 1. The number of carbonyl (C=O) groups excluding carboxylic acids is 1. The van der Waals surface area contributed by atoms with Gasteiger partial charge in [0.15, 0.2) is 11.5 Å². The van der Waals surface area contributed by atoms with Gasteiger partial charge in [-0.05, 0) is 49.4 Å². The molecule has 1 atom stereocenters. The van der Waals surface area contributed by atoms with E-state index >= 15 is 0 Å². The molecule has 0 unspecified atom stereocenters. The summed E-state index contributed by atoms with van der Waals surface area (Å²) in [6.45, 7) is 4.34. The number of amides is 1. The highest BCUT2D eigenvalue weighted by molar-refractivity contribution is 5.77. The Hall–Kier alpha value is -2.63. The first-order valence-corrected chi connectivity index (χ1v) is 10.8. The summed E-state index contributed by atoms with van der Waals surface area (Å²) < 4.78 is 4.24. The third-order valence-corrected chi connectivity index (χ3v) is 6.12. The van der Waals surface area contributed by atoms with Gasteiger partial charge >= 0.3 is 0 Å². The highest BCUT2D eigenvalue weighted by Crippen LogP contribution is 2.38. The molecule has 1 N–H and O–H groups in total. The van der Waals surface area contributed by atoms with Crippen LogP contribution in [0.1, 0.15) is 70.7 Å². The van der Waals surface area contributed by atoms with Crippen molar-refractivity contribution in [3.8, 4) is 0 Å². The van der Waals surface area contributed by atoms with Crippen LogP contribution in [0.25, 0.3) is 5.65 Å². The molecule has 1 fully saturated rings. The lowest BCUT2D eigenvalue weighted by atomic mass is 9.78. The maximum atomic E-state index is 13.3. The van der Waals surface area contributed by atoms with E-state index in [4.69, 9.17) is 0 Å². The predicted octanol–water partition coefficient (Wildman–Crippen LogP) is 4.48. The second-order valence-electron chi connectivity index (χ2n) is 8.79. The summed E-state index contributed by atoms with van der Waals surface area (Å²) in [5.74, 6) is 1.34. The summed E-state index contributed by atoms with van der Waals surface area (Å²) in [5.41, 5.74) is 0.697. The molecule has 0 saturated heterocycles. The molecule has 1 aliphatic rings. The van der Waals surface area contributed by atoms with Crippen LogP contribution >= 0.6 is 0 Å². The molecule has 1 saturated carbocycles. The van der Waals surface area contributed by atoms with E-state index in [0.717, 1.165) is 30.7 Å². The van der Waals surface area contributed by atoms with E-state index in [1.54, 1.807) is 0 Å². The summed E-state index contributed by atoms with van der Waals surface area (Å²) in [6, 6.07) is 9.82. The van der Waals surface area contributed by atoms with E-state index in [2.05, 4.69) is 58.5 Å². The van der Waals surface area contributed by atoms with Gasteiger partial charge in [0.25, 0.3) is 0 Å². The molecule has 4 rings (SSSR count). The average Bonchev–Trinajstić information content (AvgIpc) is 3.38. The minimum absolute atomic E-state index is 0.0962. The Bertz CT molecular complexity index is 937. The van der Waals surface area contributed by atoms with Crippen LogP contribution in [0.4, 0.5) is 0 Å². The number of aromatic nitrogens is 4. The molecule has 3 heterocycles. The quantitative estimate of drug-likeness (QED) is 0.643. The Kier molecular flexibility index (Phi) is 5.69. The van der Waals surface area contributed by atoms with Gasteiger partial charge < -0.3 is 9.88 Å². The largest absolute Gasteiger partial charge is 0.348 e. The van der Waals surface area contributed by atoms with Crippen molar-refractivity contribution < 1.29 is 4.79 Å². The normalized spacial score (nSPS) is 17.5. The zero-order valence-electron chi connectivity index (χ0n) is 17.4. The number of nitrogens with one attached hydrogen (secondary N) is 1. The molecular weight excluding hydrogens is 362 g/mol. The first-order chi connectivity index (χ1) is 14.1. The van der Waals surface area contributed by atoms with Crippen molar-refractivity contribution in [1.29, 1.82) is 0 Å². The molecule has 6 heteroatoms. The zero-order chi connectivity index (χ0) is 20.3. The van der Waals surface area contributed by atoms with Gasteiger partial charge in [-0.1, -0.05) is 39.2 Å². The molecule has 0 radical (unpaired) electrons. The standard InChI is InChI=1S/C23H31N5O/c1-18(2)16-19(22-26-25-20-10-4-7-15-28(20)22)24-21(29)17-23(11-5-3-6-12-23)27-13-8-9-14-27/h4,7-10,13-15,18-19H,3,5-6,11-12,16-17H2,1-2H3,(H,24,29)/t19-/m0/s1. The van der Waals surface area contributed by atoms with Crippen LogP contribution in [0.5, 0.6) is 0 Å². The van der Waals surface area contributed by atoms with E-state index in [0.29, 0.717) is 12.3 Å². The second-order valence-corrected chi connectivity index (χ2v) is 8.79. The third kappa shape index (κ3) is 4.21. The molecule has 6 nitrogen and oxygen atoms in total. The molecular formula is C23H31N5O. The Labute approximate surface area is 172 Å². The number of rotatable bonds is 7. The highest BCUT2D eigenvalue weighted by Gasteiger charge is 2.36. The Balaban J connectivity index is 1.56. The number of hydrogen-bond donors (Lipinski definition) is 1. The van der Waals surface area contributed by atoms with Crippen LogP contribution in [0, 0.1) is 5.92 Å². The van der Waals surface area contributed by atoms with Gasteiger partial charge in [-0.2, -0.15) is 0 Å². The molecule has 3 aromatic rings. The van der Waals surface area contributed by atoms with Crippen molar-refractivity contribution in [3.05, 3.63) is 54.7 Å². The molecule has 1 aliphatic carbocycles. The number of hydrogen-bond acceptors (Lipinski definition) is 3. The lowest BCUT2D eigenvalue weighted by molar-refractivity contribution is -0.124. The summed E-state index contributed by atoms with van der Waals surface area (Å²) in [7, 11) is 0. The summed E-state index contributed by atoms with van der Waals surface area (Å²) >= 11 is 0. The fraction of sp³-hybridized carbons (Fsp3) is 0.522. The molecule has 1 amide bonds. The van der Waals surface area contributed by atoms with E-state index in [-0.39, 0.29) is 17.5 Å². The van der Waals surface area contributed by atoms with Crippen molar-refractivity contribution in [2.45, 2.75) is 70.4 Å². The monoisotopic (exact) mass is 393 g/mol. The highest BCUT2D eigenvalue weighted by atomic mass is 16.1. The minimum atomic E-state index is -0.148. The van der Waals surface area contributed by atoms with E-state index in [1.165, 1.54) is 19.3 Å². The molecule has 29 heavy (non-hydrogen) atoms. The Morgan fingerprint density at radius 1 is 1.07 bits per heavy atom. The van der Waals surface area contributed by atoms with E-state index < -0.39 is 0 Å². The fourth-order valence-electron chi connectivity index (χ4n) is 4.73. The van der Waals surface area contributed by atoms with Crippen LogP contribution in [0.3, 0.4) is 0 Å².